The molecular weight excluding hydrogens is 518 g/mol. The second kappa shape index (κ2) is 10.7. The molecule has 4 aromatic rings. The van der Waals surface area contributed by atoms with Crippen LogP contribution in [0.5, 0.6) is 11.6 Å². The molecule has 9 nitrogen and oxygen atoms in total. The van der Waals surface area contributed by atoms with Crippen molar-refractivity contribution in [1.29, 1.82) is 0 Å². The Labute approximate surface area is 232 Å². The van der Waals surface area contributed by atoms with Gasteiger partial charge >= 0.3 is 6.09 Å². The number of carbonyl (C=O) groups excluding carboxylic acids is 1. The van der Waals surface area contributed by atoms with E-state index in [4.69, 9.17) is 30.8 Å². The van der Waals surface area contributed by atoms with E-state index in [0.717, 1.165) is 24.0 Å². The zero-order valence-corrected chi connectivity index (χ0v) is 23.3. The van der Waals surface area contributed by atoms with Crippen molar-refractivity contribution in [3.63, 3.8) is 0 Å². The lowest BCUT2D eigenvalue weighted by atomic mass is 10.2. The third-order valence-electron chi connectivity index (χ3n) is 6.20. The van der Waals surface area contributed by atoms with Crippen molar-refractivity contribution < 1.29 is 19.0 Å². The van der Waals surface area contributed by atoms with Gasteiger partial charge in [-0.3, -0.25) is 0 Å². The predicted octanol–water partition coefficient (Wildman–Crippen LogP) is 6.03. The SMILES string of the molecule is CC(C)(C)OC(=O)NCCOc1ccc(-c2nc3c(OC4(C)CC4)ncnc3n2Cc2ccccc2)c(Cl)c1. The summed E-state index contributed by atoms with van der Waals surface area (Å²) in [5, 5.41) is 3.15. The van der Waals surface area contributed by atoms with Crippen LogP contribution < -0.4 is 14.8 Å². The zero-order chi connectivity index (χ0) is 27.6. The summed E-state index contributed by atoms with van der Waals surface area (Å²) < 4.78 is 19.3. The van der Waals surface area contributed by atoms with E-state index in [-0.39, 0.29) is 12.2 Å². The van der Waals surface area contributed by atoms with Crippen molar-refractivity contribution in [2.45, 2.75) is 58.3 Å². The molecule has 10 heteroatoms. The molecule has 0 radical (unpaired) electrons. The number of imidazole rings is 1. The summed E-state index contributed by atoms with van der Waals surface area (Å²) in [6.07, 6.45) is 2.99. The molecule has 0 spiro atoms. The molecule has 1 aliphatic rings. The number of fused-ring (bicyclic) bond motifs is 1. The first-order valence-corrected chi connectivity index (χ1v) is 13.3. The van der Waals surface area contributed by atoms with Gasteiger partial charge in [0.05, 0.1) is 18.1 Å². The summed E-state index contributed by atoms with van der Waals surface area (Å²) in [6, 6.07) is 15.6. The highest BCUT2D eigenvalue weighted by Crippen LogP contribution is 2.41. The topological polar surface area (TPSA) is 100 Å². The Morgan fingerprint density at radius 2 is 1.90 bits per heavy atom. The molecular formula is C29H32ClN5O4. The minimum absolute atomic E-state index is 0.209. The lowest BCUT2D eigenvalue weighted by molar-refractivity contribution is 0.0520. The Hall–Kier alpha value is -3.85. The third kappa shape index (κ3) is 6.60. The maximum atomic E-state index is 11.8. The molecule has 1 amide bonds. The number of aromatic nitrogens is 4. The van der Waals surface area contributed by atoms with Crippen molar-refractivity contribution in [3.8, 4) is 23.0 Å². The number of benzene rings is 2. The van der Waals surface area contributed by atoms with Crippen LogP contribution in [0.3, 0.4) is 0 Å². The van der Waals surface area contributed by atoms with Crippen LogP contribution in [-0.4, -0.2) is 50.0 Å². The number of halogens is 1. The van der Waals surface area contributed by atoms with Crippen LogP contribution in [-0.2, 0) is 11.3 Å². The Bertz CT molecular complexity index is 1480. The second-order valence-corrected chi connectivity index (χ2v) is 11.2. The van der Waals surface area contributed by atoms with E-state index in [2.05, 4.69) is 34.3 Å². The van der Waals surface area contributed by atoms with Gasteiger partial charge < -0.3 is 24.1 Å². The average molecular weight is 550 g/mol. The Kier molecular flexibility index (Phi) is 7.36. The number of ether oxygens (including phenoxy) is 3. The van der Waals surface area contributed by atoms with Crippen LogP contribution in [0.4, 0.5) is 4.79 Å². The Morgan fingerprint density at radius 1 is 1.13 bits per heavy atom. The number of hydrogen-bond donors (Lipinski definition) is 1. The molecule has 1 aliphatic carbocycles. The molecule has 1 saturated carbocycles. The standard InChI is InChI=1S/C29H32ClN5O4/c1-28(2,3)39-27(36)31-14-15-37-20-10-11-21(22(30)16-20)24-34-23-25(35(24)17-19-8-6-5-7-9-19)32-18-33-26(23)38-29(4)12-13-29/h5-11,16,18H,12-15,17H2,1-4H3,(H,31,36). The summed E-state index contributed by atoms with van der Waals surface area (Å²) in [6.45, 7) is 8.61. The number of rotatable bonds is 9. The van der Waals surface area contributed by atoms with Crippen LogP contribution in [0.15, 0.2) is 54.9 Å². The first-order valence-electron chi connectivity index (χ1n) is 12.9. The van der Waals surface area contributed by atoms with Gasteiger partial charge in [-0.15, -0.1) is 0 Å². The number of nitrogens with zero attached hydrogens (tertiary/aromatic N) is 4. The van der Waals surface area contributed by atoms with Crippen molar-refractivity contribution >= 4 is 28.9 Å². The maximum Gasteiger partial charge on any atom is 0.407 e. The van der Waals surface area contributed by atoms with Crippen LogP contribution in [0, 0.1) is 0 Å². The molecule has 2 aromatic carbocycles. The van der Waals surface area contributed by atoms with E-state index in [0.29, 0.717) is 46.7 Å². The summed E-state index contributed by atoms with van der Waals surface area (Å²) >= 11 is 6.77. The van der Waals surface area contributed by atoms with E-state index in [1.165, 1.54) is 6.33 Å². The molecule has 2 aromatic heterocycles. The third-order valence-corrected chi connectivity index (χ3v) is 6.51. The lowest BCUT2D eigenvalue weighted by Gasteiger charge is -2.19. The molecule has 0 atom stereocenters. The monoisotopic (exact) mass is 549 g/mol. The van der Waals surface area contributed by atoms with E-state index < -0.39 is 11.7 Å². The maximum absolute atomic E-state index is 11.8. The van der Waals surface area contributed by atoms with Crippen LogP contribution in [0.25, 0.3) is 22.6 Å². The molecule has 2 heterocycles. The second-order valence-electron chi connectivity index (χ2n) is 10.8. The fourth-order valence-electron chi connectivity index (χ4n) is 4.03. The summed E-state index contributed by atoms with van der Waals surface area (Å²) in [5.41, 5.74) is 2.34. The quantitative estimate of drug-likeness (QED) is 0.254. The Balaban J connectivity index is 1.40. The van der Waals surface area contributed by atoms with Gasteiger partial charge in [0.25, 0.3) is 0 Å². The molecule has 0 aliphatic heterocycles. The lowest BCUT2D eigenvalue weighted by Crippen LogP contribution is -2.34. The van der Waals surface area contributed by atoms with E-state index in [9.17, 15) is 4.79 Å². The van der Waals surface area contributed by atoms with Crippen LogP contribution in [0.1, 0.15) is 46.1 Å². The van der Waals surface area contributed by atoms with Gasteiger partial charge in [-0.1, -0.05) is 41.9 Å². The van der Waals surface area contributed by atoms with Crippen LogP contribution >= 0.6 is 11.6 Å². The first kappa shape index (κ1) is 26.7. The normalized spacial score (nSPS) is 14.2. The predicted molar refractivity (Wildman–Crippen MR) is 149 cm³/mol. The molecule has 1 N–H and O–H groups in total. The Morgan fingerprint density at radius 3 is 2.59 bits per heavy atom. The molecule has 0 bridgehead atoms. The highest BCUT2D eigenvalue weighted by atomic mass is 35.5. The van der Waals surface area contributed by atoms with Gasteiger partial charge in [-0.2, -0.15) is 4.98 Å². The highest BCUT2D eigenvalue weighted by molar-refractivity contribution is 6.33. The summed E-state index contributed by atoms with van der Waals surface area (Å²) in [7, 11) is 0. The van der Waals surface area contributed by atoms with E-state index >= 15 is 0 Å². The van der Waals surface area contributed by atoms with Gasteiger partial charge in [0, 0.05) is 5.56 Å². The fraction of sp³-hybridized carbons (Fsp3) is 0.379. The van der Waals surface area contributed by atoms with Gasteiger partial charge in [-0.25, -0.2) is 14.8 Å². The number of carbonyl (C=O) groups is 1. The van der Waals surface area contributed by atoms with Gasteiger partial charge in [0.1, 0.15) is 35.7 Å². The van der Waals surface area contributed by atoms with Crippen molar-refractivity contribution in [2.24, 2.45) is 0 Å². The van der Waals surface area contributed by atoms with Gasteiger partial charge in [0.2, 0.25) is 5.88 Å². The summed E-state index contributed by atoms with van der Waals surface area (Å²) in [4.78, 5) is 25.7. The molecule has 39 heavy (non-hydrogen) atoms. The average Bonchev–Trinajstić information content (AvgIpc) is 3.49. The number of alkyl carbamates (subject to hydrolysis) is 1. The molecule has 204 valence electrons. The van der Waals surface area contributed by atoms with Crippen molar-refractivity contribution in [2.75, 3.05) is 13.2 Å². The van der Waals surface area contributed by atoms with Gasteiger partial charge in [-0.05, 0) is 64.3 Å². The minimum Gasteiger partial charge on any atom is -0.492 e. The van der Waals surface area contributed by atoms with E-state index in [1.54, 1.807) is 6.07 Å². The number of hydrogen-bond acceptors (Lipinski definition) is 7. The van der Waals surface area contributed by atoms with Crippen molar-refractivity contribution in [3.05, 3.63) is 65.4 Å². The number of amides is 1. The molecule has 1 fully saturated rings. The van der Waals surface area contributed by atoms with Gasteiger partial charge in [0.15, 0.2) is 11.2 Å². The minimum atomic E-state index is -0.556. The molecule has 0 saturated heterocycles. The fourth-order valence-corrected chi connectivity index (χ4v) is 4.28. The summed E-state index contributed by atoms with van der Waals surface area (Å²) in [5.74, 6) is 1.70. The first-order chi connectivity index (χ1) is 18.6. The molecule has 0 unspecified atom stereocenters. The smallest absolute Gasteiger partial charge is 0.407 e. The largest absolute Gasteiger partial charge is 0.492 e. The zero-order valence-electron chi connectivity index (χ0n) is 22.5. The van der Waals surface area contributed by atoms with E-state index in [1.807, 2.05) is 55.7 Å². The number of nitrogens with one attached hydrogen (secondary N) is 1. The highest BCUT2D eigenvalue weighted by Gasteiger charge is 2.41. The van der Waals surface area contributed by atoms with Crippen molar-refractivity contribution in [1.82, 2.24) is 24.8 Å². The van der Waals surface area contributed by atoms with Crippen LogP contribution in [0.2, 0.25) is 5.02 Å². The molecule has 5 rings (SSSR count).